The third kappa shape index (κ3) is 3.63. The quantitative estimate of drug-likeness (QED) is 0.583. The fourth-order valence-corrected chi connectivity index (χ4v) is 5.26. The lowest BCUT2D eigenvalue weighted by atomic mass is 9.87. The van der Waals surface area contributed by atoms with Gasteiger partial charge in [-0.1, -0.05) is 30.7 Å². The van der Waals surface area contributed by atoms with Crippen LogP contribution in [0.15, 0.2) is 42.6 Å². The van der Waals surface area contributed by atoms with Crippen LogP contribution in [0.25, 0.3) is 10.9 Å². The summed E-state index contributed by atoms with van der Waals surface area (Å²) < 4.78 is 2.07. The molecule has 176 valence electrons. The number of piperidine rings is 1. The van der Waals surface area contributed by atoms with Gasteiger partial charge in [0.25, 0.3) is 11.8 Å². The summed E-state index contributed by atoms with van der Waals surface area (Å²) in [7, 11) is 0. The Labute approximate surface area is 198 Å². The van der Waals surface area contributed by atoms with Crippen LogP contribution in [0.2, 0.25) is 0 Å². The normalized spacial score (nSPS) is 21.1. The molecule has 8 heteroatoms. The van der Waals surface area contributed by atoms with E-state index in [4.69, 9.17) is 5.10 Å². The average Bonchev–Trinajstić information content (AvgIpc) is 3.39. The van der Waals surface area contributed by atoms with Gasteiger partial charge in [0.15, 0.2) is 0 Å². The second kappa shape index (κ2) is 8.27. The minimum Gasteiger partial charge on any atom is -0.338 e. The highest BCUT2D eigenvalue weighted by molar-refractivity contribution is 6.07. The summed E-state index contributed by atoms with van der Waals surface area (Å²) in [6, 6.07) is 11.1. The first-order chi connectivity index (χ1) is 16.3. The minimum atomic E-state index is -1.08. The summed E-state index contributed by atoms with van der Waals surface area (Å²) in [5.74, 6) is -0.384. The Morgan fingerprint density at radius 3 is 2.44 bits per heavy atom. The maximum atomic E-state index is 13.1. The van der Waals surface area contributed by atoms with E-state index in [1.807, 2.05) is 11.8 Å². The van der Waals surface area contributed by atoms with Crippen LogP contribution in [0.4, 0.5) is 4.79 Å². The summed E-state index contributed by atoms with van der Waals surface area (Å²) in [4.78, 5) is 39.0. The van der Waals surface area contributed by atoms with Gasteiger partial charge in [0.2, 0.25) is 0 Å². The number of hydrogen-bond donors (Lipinski definition) is 2. The molecular weight excluding hydrogens is 430 g/mol. The molecule has 8 nitrogen and oxygen atoms in total. The molecule has 1 atom stereocenters. The van der Waals surface area contributed by atoms with E-state index in [1.54, 1.807) is 24.3 Å². The van der Waals surface area contributed by atoms with Crippen molar-refractivity contribution in [2.24, 2.45) is 0 Å². The number of nitrogens with one attached hydrogen (secondary N) is 2. The van der Waals surface area contributed by atoms with Crippen LogP contribution < -0.4 is 10.6 Å². The number of aromatic nitrogens is 2. The van der Waals surface area contributed by atoms with Crippen molar-refractivity contribution in [3.8, 4) is 0 Å². The number of fused-ring (bicyclic) bond motifs is 1. The Hall–Kier alpha value is -3.68. The highest BCUT2D eigenvalue weighted by Crippen LogP contribution is 2.30. The average molecular weight is 460 g/mol. The zero-order valence-electron chi connectivity index (χ0n) is 19.7. The molecule has 4 amide bonds. The van der Waals surface area contributed by atoms with Crippen molar-refractivity contribution in [2.45, 2.75) is 51.6 Å². The lowest BCUT2D eigenvalue weighted by molar-refractivity contribution is -0.124. The first kappa shape index (κ1) is 22.1. The molecule has 0 radical (unpaired) electrons. The highest BCUT2D eigenvalue weighted by Gasteiger charge is 2.46. The number of imide groups is 1. The molecule has 1 unspecified atom stereocenters. The Morgan fingerprint density at radius 1 is 1.12 bits per heavy atom. The molecule has 3 heterocycles. The van der Waals surface area contributed by atoms with Gasteiger partial charge in [0, 0.05) is 30.2 Å². The van der Waals surface area contributed by atoms with Gasteiger partial charge >= 0.3 is 6.03 Å². The molecule has 2 aliphatic heterocycles. The number of urea groups is 1. The van der Waals surface area contributed by atoms with Crippen molar-refractivity contribution < 1.29 is 14.4 Å². The number of rotatable bonds is 4. The van der Waals surface area contributed by atoms with E-state index in [0.717, 1.165) is 23.7 Å². The lowest BCUT2D eigenvalue weighted by Crippen LogP contribution is -2.43. The molecule has 34 heavy (non-hydrogen) atoms. The molecule has 3 aromatic rings. The fourth-order valence-electron chi connectivity index (χ4n) is 5.26. The zero-order valence-corrected chi connectivity index (χ0v) is 19.7. The number of likely N-dealkylation sites (tertiary alicyclic amines) is 1. The predicted molar refractivity (Wildman–Crippen MR) is 128 cm³/mol. The fraction of sp³-hybridized carbons (Fsp3) is 0.385. The second-order valence-electron chi connectivity index (χ2n) is 9.40. The highest BCUT2D eigenvalue weighted by atomic mass is 16.2. The van der Waals surface area contributed by atoms with E-state index in [9.17, 15) is 14.4 Å². The van der Waals surface area contributed by atoms with Gasteiger partial charge in [-0.15, -0.1) is 0 Å². The van der Waals surface area contributed by atoms with Crippen LogP contribution in [0.3, 0.4) is 0 Å². The molecule has 2 fully saturated rings. The van der Waals surface area contributed by atoms with Crippen molar-refractivity contribution >= 4 is 28.7 Å². The van der Waals surface area contributed by atoms with Crippen molar-refractivity contribution in [3.63, 3.8) is 0 Å². The smallest absolute Gasteiger partial charge is 0.322 e. The van der Waals surface area contributed by atoms with Gasteiger partial charge in [-0.3, -0.25) is 19.6 Å². The molecule has 0 spiro atoms. The van der Waals surface area contributed by atoms with E-state index < -0.39 is 11.6 Å². The SMILES string of the molecule is CCC1(c2ccc(C(=O)N3CCC(n4cc5cc(C)cc(C)c5n4)CC3)cc2)NC(=O)NC1=O. The third-order valence-electron chi connectivity index (χ3n) is 7.18. The van der Waals surface area contributed by atoms with Gasteiger partial charge in [0.1, 0.15) is 5.54 Å². The first-order valence-corrected chi connectivity index (χ1v) is 11.8. The maximum absolute atomic E-state index is 13.1. The molecule has 2 saturated heterocycles. The standard InChI is InChI=1S/C26H29N5O3/c1-4-26(24(33)27-25(34)28-26)20-7-5-18(6-8-20)23(32)30-11-9-21(10-12-30)31-15-19-14-16(2)13-17(3)22(19)29-31/h5-8,13-15,21H,4,9-12H2,1-3H3,(H2,27,28,33,34). The van der Waals surface area contributed by atoms with E-state index in [2.05, 4.69) is 47.5 Å². The van der Waals surface area contributed by atoms with Gasteiger partial charge in [-0.25, -0.2) is 4.79 Å². The number of aryl methyl sites for hydroxylation is 2. The molecule has 1 aromatic heterocycles. The summed E-state index contributed by atoms with van der Waals surface area (Å²) >= 11 is 0. The van der Waals surface area contributed by atoms with Crippen LogP contribution in [0, 0.1) is 13.8 Å². The molecule has 5 rings (SSSR count). The van der Waals surface area contributed by atoms with Crippen LogP contribution >= 0.6 is 0 Å². The zero-order chi connectivity index (χ0) is 24.0. The predicted octanol–water partition coefficient (Wildman–Crippen LogP) is 3.58. The Morgan fingerprint density at radius 2 is 1.82 bits per heavy atom. The molecule has 0 aliphatic carbocycles. The van der Waals surface area contributed by atoms with Crippen molar-refractivity contribution in [3.05, 3.63) is 64.8 Å². The third-order valence-corrected chi connectivity index (χ3v) is 7.18. The number of hydrogen-bond acceptors (Lipinski definition) is 4. The Kier molecular flexibility index (Phi) is 5.38. The number of benzene rings is 2. The van der Waals surface area contributed by atoms with E-state index in [1.165, 1.54) is 11.1 Å². The van der Waals surface area contributed by atoms with Crippen molar-refractivity contribution in [1.29, 1.82) is 0 Å². The molecule has 2 N–H and O–H groups in total. The van der Waals surface area contributed by atoms with E-state index in [0.29, 0.717) is 30.6 Å². The van der Waals surface area contributed by atoms with E-state index in [-0.39, 0.29) is 17.9 Å². The first-order valence-electron chi connectivity index (χ1n) is 11.8. The maximum Gasteiger partial charge on any atom is 0.322 e. The number of carbonyl (C=O) groups excluding carboxylic acids is 3. The van der Waals surface area contributed by atoms with Gasteiger partial charge < -0.3 is 10.2 Å². The number of carbonyl (C=O) groups is 3. The van der Waals surface area contributed by atoms with Crippen LogP contribution in [0.1, 0.15) is 59.3 Å². The molecule has 2 aliphatic rings. The van der Waals surface area contributed by atoms with Gasteiger partial charge in [-0.2, -0.15) is 5.10 Å². The number of amides is 4. The van der Waals surface area contributed by atoms with Crippen LogP contribution in [-0.2, 0) is 10.3 Å². The minimum absolute atomic E-state index is 0.0208. The van der Waals surface area contributed by atoms with Gasteiger partial charge in [-0.05, 0) is 62.4 Å². The largest absolute Gasteiger partial charge is 0.338 e. The van der Waals surface area contributed by atoms with Crippen LogP contribution in [-0.4, -0.2) is 45.6 Å². The molecule has 2 aromatic carbocycles. The molecular formula is C26H29N5O3. The molecule has 0 bridgehead atoms. The summed E-state index contributed by atoms with van der Waals surface area (Å²) in [6.45, 7) is 7.36. The summed E-state index contributed by atoms with van der Waals surface area (Å²) in [6.07, 6.45) is 4.24. The summed E-state index contributed by atoms with van der Waals surface area (Å²) in [5, 5.41) is 11.0. The second-order valence-corrected chi connectivity index (χ2v) is 9.40. The number of nitrogens with zero attached hydrogens (tertiary/aromatic N) is 3. The topological polar surface area (TPSA) is 96.3 Å². The van der Waals surface area contributed by atoms with Crippen LogP contribution in [0.5, 0.6) is 0 Å². The summed E-state index contributed by atoms with van der Waals surface area (Å²) in [5.41, 5.74) is 3.63. The Bertz CT molecular complexity index is 1290. The van der Waals surface area contributed by atoms with E-state index >= 15 is 0 Å². The van der Waals surface area contributed by atoms with Gasteiger partial charge in [0.05, 0.1) is 11.6 Å². The Balaban J connectivity index is 1.27. The molecule has 0 saturated carbocycles. The lowest BCUT2D eigenvalue weighted by Gasteiger charge is -2.32. The van der Waals surface area contributed by atoms with Crippen molar-refractivity contribution in [2.75, 3.05) is 13.1 Å². The monoisotopic (exact) mass is 459 g/mol. The van der Waals surface area contributed by atoms with Crippen molar-refractivity contribution in [1.82, 2.24) is 25.3 Å².